The number of nitrogens with zero attached hydrogens (tertiary/aromatic N) is 1. The third kappa shape index (κ3) is 5.48. The number of nitrogens with two attached hydrogens (primary N) is 1. The summed E-state index contributed by atoms with van der Waals surface area (Å²) in [6.07, 6.45) is 3.72. The van der Waals surface area contributed by atoms with Crippen molar-refractivity contribution in [1.29, 1.82) is 0 Å². The maximum Gasteiger partial charge on any atom is 0.280 e. The Labute approximate surface area is 130 Å². The SMILES string of the molecule is CC(C)CC(C)(CN)NS(=O)(=O)N1CCCCC1C.Cl. The molecule has 0 aromatic heterocycles. The van der Waals surface area contributed by atoms with E-state index >= 15 is 0 Å². The lowest BCUT2D eigenvalue weighted by Gasteiger charge is -2.37. The van der Waals surface area contributed by atoms with Gasteiger partial charge < -0.3 is 5.73 Å². The molecule has 2 unspecified atom stereocenters. The van der Waals surface area contributed by atoms with Gasteiger partial charge in [0.2, 0.25) is 0 Å². The Morgan fingerprint density at radius 1 is 1.40 bits per heavy atom. The first-order valence-corrected chi connectivity index (χ1v) is 8.65. The minimum Gasteiger partial charge on any atom is -0.329 e. The van der Waals surface area contributed by atoms with Crippen LogP contribution in [-0.2, 0) is 10.2 Å². The highest BCUT2D eigenvalue weighted by Gasteiger charge is 2.35. The van der Waals surface area contributed by atoms with E-state index in [0.29, 0.717) is 19.0 Å². The van der Waals surface area contributed by atoms with Crippen molar-refractivity contribution in [2.24, 2.45) is 11.7 Å². The molecule has 0 aromatic carbocycles. The molecule has 20 heavy (non-hydrogen) atoms. The first kappa shape index (κ1) is 20.1. The van der Waals surface area contributed by atoms with E-state index in [-0.39, 0.29) is 18.4 Å². The number of halogens is 1. The largest absolute Gasteiger partial charge is 0.329 e. The van der Waals surface area contributed by atoms with E-state index in [9.17, 15) is 8.42 Å². The summed E-state index contributed by atoms with van der Waals surface area (Å²) in [5.74, 6) is 0.398. The molecule has 1 rings (SSSR count). The Morgan fingerprint density at radius 2 is 2.00 bits per heavy atom. The van der Waals surface area contributed by atoms with E-state index < -0.39 is 15.7 Å². The molecule has 0 radical (unpaired) electrons. The zero-order chi connectivity index (χ0) is 14.7. The molecule has 1 aliphatic rings. The molecular formula is C13H30ClN3O2S. The summed E-state index contributed by atoms with van der Waals surface area (Å²) < 4.78 is 29.4. The smallest absolute Gasteiger partial charge is 0.280 e. The average Bonchev–Trinajstić information content (AvgIpc) is 2.27. The van der Waals surface area contributed by atoms with Crippen LogP contribution in [-0.4, -0.2) is 37.4 Å². The summed E-state index contributed by atoms with van der Waals surface area (Å²) in [6, 6.07) is 0.0762. The fourth-order valence-electron chi connectivity index (χ4n) is 2.87. The molecule has 122 valence electrons. The zero-order valence-electron chi connectivity index (χ0n) is 13.1. The predicted octanol–water partition coefficient (Wildman–Crippen LogP) is 1.88. The average molecular weight is 328 g/mol. The van der Waals surface area contributed by atoms with Gasteiger partial charge in [-0.25, -0.2) is 0 Å². The second-order valence-electron chi connectivity index (χ2n) is 6.43. The molecule has 5 nitrogen and oxygen atoms in total. The van der Waals surface area contributed by atoms with E-state index in [1.54, 1.807) is 4.31 Å². The lowest BCUT2D eigenvalue weighted by atomic mass is 9.92. The van der Waals surface area contributed by atoms with Crippen molar-refractivity contribution < 1.29 is 8.42 Å². The standard InChI is InChI=1S/C13H29N3O2S.ClH/c1-11(2)9-13(4,10-14)15-19(17,18)16-8-6-5-7-12(16)3;/h11-12,15H,5-10,14H2,1-4H3;1H. The number of piperidine rings is 1. The molecule has 3 N–H and O–H groups in total. The number of nitrogens with one attached hydrogen (secondary N) is 1. The van der Waals surface area contributed by atoms with Gasteiger partial charge >= 0.3 is 0 Å². The third-order valence-corrected chi connectivity index (χ3v) is 5.65. The Morgan fingerprint density at radius 3 is 2.45 bits per heavy atom. The van der Waals surface area contributed by atoms with Crippen molar-refractivity contribution in [3.05, 3.63) is 0 Å². The number of hydrogen-bond donors (Lipinski definition) is 2. The van der Waals surface area contributed by atoms with E-state index in [4.69, 9.17) is 5.73 Å². The van der Waals surface area contributed by atoms with E-state index in [2.05, 4.69) is 18.6 Å². The van der Waals surface area contributed by atoms with Gasteiger partial charge in [-0.05, 0) is 39.0 Å². The summed E-state index contributed by atoms with van der Waals surface area (Å²) in [4.78, 5) is 0. The molecule has 0 aliphatic carbocycles. The van der Waals surface area contributed by atoms with Crippen molar-refractivity contribution >= 4 is 22.6 Å². The van der Waals surface area contributed by atoms with E-state index in [1.807, 2.05) is 13.8 Å². The maximum absolute atomic E-state index is 12.5. The molecule has 1 saturated heterocycles. The molecule has 1 aliphatic heterocycles. The van der Waals surface area contributed by atoms with Crippen LogP contribution in [0.4, 0.5) is 0 Å². The Balaban J connectivity index is 0.00000361. The zero-order valence-corrected chi connectivity index (χ0v) is 14.7. The topological polar surface area (TPSA) is 75.4 Å². The van der Waals surface area contributed by atoms with Crippen LogP contribution in [0.5, 0.6) is 0 Å². The monoisotopic (exact) mass is 327 g/mol. The first-order valence-electron chi connectivity index (χ1n) is 7.21. The van der Waals surface area contributed by atoms with Gasteiger partial charge in [-0.15, -0.1) is 12.4 Å². The summed E-state index contributed by atoms with van der Waals surface area (Å²) in [6.45, 7) is 8.93. The van der Waals surface area contributed by atoms with Crippen LogP contribution in [0, 0.1) is 5.92 Å². The van der Waals surface area contributed by atoms with Gasteiger partial charge in [0.1, 0.15) is 0 Å². The van der Waals surface area contributed by atoms with Crippen LogP contribution >= 0.6 is 12.4 Å². The molecular weight excluding hydrogens is 298 g/mol. The second kappa shape index (κ2) is 7.94. The molecule has 7 heteroatoms. The second-order valence-corrected chi connectivity index (χ2v) is 8.05. The van der Waals surface area contributed by atoms with Crippen LogP contribution in [0.2, 0.25) is 0 Å². The van der Waals surface area contributed by atoms with Gasteiger partial charge in [0.25, 0.3) is 10.2 Å². The van der Waals surface area contributed by atoms with Gasteiger partial charge in [0.05, 0.1) is 0 Å². The molecule has 1 fully saturated rings. The summed E-state index contributed by atoms with van der Waals surface area (Å²) >= 11 is 0. The molecule has 0 spiro atoms. The minimum absolute atomic E-state index is 0. The highest BCUT2D eigenvalue weighted by molar-refractivity contribution is 7.87. The summed E-state index contributed by atoms with van der Waals surface area (Å²) in [5.41, 5.74) is 5.22. The summed E-state index contributed by atoms with van der Waals surface area (Å²) in [5, 5.41) is 0. The van der Waals surface area contributed by atoms with Crippen molar-refractivity contribution in [3.8, 4) is 0 Å². The Kier molecular flexibility index (Phi) is 7.99. The molecule has 0 saturated carbocycles. The predicted molar refractivity (Wildman–Crippen MR) is 86.2 cm³/mol. The van der Waals surface area contributed by atoms with Crippen molar-refractivity contribution in [1.82, 2.24) is 9.03 Å². The van der Waals surface area contributed by atoms with Gasteiger partial charge in [-0.3, -0.25) is 0 Å². The van der Waals surface area contributed by atoms with Crippen LogP contribution in [0.1, 0.15) is 53.4 Å². The fraction of sp³-hybridized carbons (Fsp3) is 1.00. The Hall–Kier alpha value is 0.120. The highest BCUT2D eigenvalue weighted by atomic mass is 35.5. The fourth-order valence-corrected chi connectivity index (χ4v) is 4.72. The van der Waals surface area contributed by atoms with Gasteiger partial charge in [0.15, 0.2) is 0 Å². The maximum atomic E-state index is 12.5. The van der Waals surface area contributed by atoms with Crippen LogP contribution in [0.3, 0.4) is 0 Å². The minimum atomic E-state index is -3.44. The lowest BCUT2D eigenvalue weighted by Crippen LogP contribution is -2.58. The number of hydrogen-bond acceptors (Lipinski definition) is 3. The number of rotatable bonds is 6. The van der Waals surface area contributed by atoms with Gasteiger partial charge in [0, 0.05) is 24.7 Å². The van der Waals surface area contributed by atoms with Crippen LogP contribution in [0.15, 0.2) is 0 Å². The highest BCUT2D eigenvalue weighted by Crippen LogP contribution is 2.22. The van der Waals surface area contributed by atoms with Gasteiger partial charge in [-0.1, -0.05) is 20.3 Å². The van der Waals surface area contributed by atoms with Gasteiger partial charge in [-0.2, -0.15) is 17.4 Å². The molecule has 1 heterocycles. The van der Waals surface area contributed by atoms with Crippen molar-refractivity contribution in [2.45, 2.75) is 65.0 Å². The first-order chi connectivity index (χ1) is 8.70. The molecule has 0 amide bonds. The molecule has 0 aromatic rings. The lowest BCUT2D eigenvalue weighted by molar-refractivity contribution is 0.254. The van der Waals surface area contributed by atoms with E-state index in [1.165, 1.54) is 0 Å². The van der Waals surface area contributed by atoms with Crippen molar-refractivity contribution in [3.63, 3.8) is 0 Å². The summed E-state index contributed by atoms with van der Waals surface area (Å²) in [7, 11) is -3.44. The Bertz CT molecular complexity index is 389. The van der Waals surface area contributed by atoms with Crippen molar-refractivity contribution in [2.75, 3.05) is 13.1 Å². The van der Waals surface area contributed by atoms with Crippen LogP contribution in [0.25, 0.3) is 0 Å². The normalized spacial score (nSPS) is 24.2. The molecule has 0 bridgehead atoms. The quantitative estimate of drug-likeness (QED) is 0.782. The van der Waals surface area contributed by atoms with Crippen LogP contribution < -0.4 is 10.5 Å². The molecule has 2 atom stereocenters. The van der Waals surface area contributed by atoms with E-state index in [0.717, 1.165) is 25.7 Å². The third-order valence-electron chi connectivity index (χ3n) is 3.74.